The van der Waals surface area contributed by atoms with Crippen molar-refractivity contribution in [1.82, 2.24) is 4.37 Å². The molecule has 2 aromatic heterocycles. The average Bonchev–Trinajstić information content (AvgIpc) is 2.95. The lowest BCUT2D eigenvalue weighted by atomic mass is 10.0. The molecule has 3 aromatic rings. The highest BCUT2D eigenvalue weighted by Gasteiger charge is 2.16. The molecule has 3 rings (SSSR count). The first kappa shape index (κ1) is 11.0. The van der Waals surface area contributed by atoms with Crippen molar-refractivity contribution in [3.8, 4) is 11.3 Å². The summed E-state index contributed by atoms with van der Waals surface area (Å²) in [5.74, 6) is 0. The van der Waals surface area contributed by atoms with Crippen LogP contribution in [0.1, 0.15) is 5.56 Å². The van der Waals surface area contributed by atoms with Crippen LogP contribution in [0.15, 0.2) is 47.6 Å². The van der Waals surface area contributed by atoms with Crippen molar-refractivity contribution < 1.29 is 4.42 Å². The molecule has 0 radical (unpaired) electrons. The van der Waals surface area contributed by atoms with Gasteiger partial charge in [-0.3, -0.25) is 0 Å². The Labute approximate surface area is 109 Å². The summed E-state index contributed by atoms with van der Waals surface area (Å²) >= 11 is 1.32. The van der Waals surface area contributed by atoms with E-state index < -0.39 is 0 Å². The van der Waals surface area contributed by atoms with Gasteiger partial charge in [-0.1, -0.05) is 24.3 Å². The Morgan fingerprint density at radius 2 is 2.22 bits per heavy atom. The zero-order chi connectivity index (χ0) is 12.5. The number of para-hydroxylation sites is 1. The molecule has 0 amide bonds. The summed E-state index contributed by atoms with van der Waals surface area (Å²) in [5, 5.41) is 1.81. The van der Waals surface area contributed by atoms with Crippen LogP contribution in [0.4, 0.5) is 5.00 Å². The fourth-order valence-electron chi connectivity index (χ4n) is 2.04. The van der Waals surface area contributed by atoms with Crippen molar-refractivity contribution in [1.29, 1.82) is 0 Å². The first-order valence-electron chi connectivity index (χ1n) is 5.62. The quantitative estimate of drug-likeness (QED) is 0.724. The average molecular weight is 256 g/mol. The number of anilines is 1. The van der Waals surface area contributed by atoms with E-state index >= 15 is 0 Å². The van der Waals surface area contributed by atoms with Gasteiger partial charge in [-0.25, -0.2) is 0 Å². The van der Waals surface area contributed by atoms with E-state index in [1.807, 2.05) is 30.3 Å². The Hall–Kier alpha value is -2.07. The Morgan fingerprint density at radius 3 is 3.06 bits per heavy atom. The topological polar surface area (TPSA) is 52.0 Å². The second-order valence-corrected chi connectivity index (χ2v) is 4.82. The number of hydrogen-bond donors (Lipinski definition) is 1. The Morgan fingerprint density at radius 1 is 1.39 bits per heavy atom. The second kappa shape index (κ2) is 4.31. The van der Waals surface area contributed by atoms with E-state index in [1.54, 1.807) is 6.26 Å². The molecule has 0 aliphatic heterocycles. The summed E-state index contributed by atoms with van der Waals surface area (Å²) in [7, 11) is 0. The van der Waals surface area contributed by atoms with Crippen molar-refractivity contribution in [2.45, 2.75) is 6.42 Å². The van der Waals surface area contributed by atoms with Crippen LogP contribution in [0.3, 0.4) is 0 Å². The largest absolute Gasteiger partial charge is 0.464 e. The fourth-order valence-corrected chi connectivity index (χ4v) is 2.72. The van der Waals surface area contributed by atoms with Gasteiger partial charge in [0.2, 0.25) is 0 Å². The van der Waals surface area contributed by atoms with Gasteiger partial charge >= 0.3 is 0 Å². The number of aromatic nitrogens is 1. The normalized spacial score (nSPS) is 10.9. The molecule has 2 N–H and O–H groups in total. The van der Waals surface area contributed by atoms with Crippen LogP contribution in [0.25, 0.3) is 22.2 Å². The maximum absolute atomic E-state index is 5.96. The molecule has 90 valence electrons. The summed E-state index contributed by atoms with van der Waals surface area (Å²) in [4.78, 5) is 0. The van der Waals surface area contributed by atoms with Crippen LogP contribution in [0.5, 0.6) is 0 Å². The van der Waals surface area contributed by atoms with Crippen molar-refractivity contribution in [2.24, 2.45) is 0 Å². The summed E-state index contributed by atoms with van der Waals surface area (Å²) in [5.41, 5.74) is 9.75. The van der Waals surface area contributed by atoms with Gasteiger partial charge in [-0.2, -0.15) is 4.37 Å². The Balaban J connectivity index is 2.23. The smallest absolute Gasteiger partial charge is 0.134 e. The molecule has 3 nitrogen and oxygen atoms in total. The monoisotopic (exact) mass is 256 g/mol. The van der Waals surface area contributed by atoms with E-state index in [9.17, 15) is 0 Å². The number of benzene rings is 1. The molecule has 0 aliphatic rings. The van der Waals surface area contributed by atoms with E-state index in [0.717, 1.165) is 39.2 Å². The van der Waals surface area contributed by atoms with Gasteiger partial charge in [0.05, 0.1) is 5.69 Å². The van der Waals surface area contributed by atoms with Gasteiger partial charge in [0.1, 0.15) is 16.8 Å². The van der Waals surface area contributed by atoms with Gasteiger partial charge < -0.3 is 10.2 Å². The first-order valence-corrected chi connectivity index (χ1v) is 6.40. The van der Waals surface area contributed by atoms with E-state index in [1.165, 1.54) is 11.5 Å². The summed E-state index contributed by atoms with van der Waals surface area (Å²) < 4.78 is 9.98. The lowest BCUT2D eigenvalue weighted by molar-refractivity contribution is 0.617. The van der Waals surface area contributed by atoms with Crippen LogP contribution in [0.2, 0.25) is 0 Å². The Bertz CT molecular complexity index is 711. The third kappa shape index (κ3) is 1.62. The summed E-state index contributed by atoms with van der Waals surface area (Å²) in [6, 6.07) is 7.92. The molecular weight excluding hydrogens is 244 g/mol. The number of rotatable bonds is 3. The molecule has 0 atom stereocenters. The molecule has 0 unspecified atom stereocenters. The number of furan rings is 1. The molecule has 0 bridgehead atoms. The lowest BCUT2D eigenvalue weighted by Gasteiger charge is -1.99. The molecule has 4 heteroatoms. The van der Waals surface area contributed by atoms with Crippen LogP contribution in [0, 0.1) is 0 Å². The highest BCUT2D eigenvalue weighted by atomic mass is 32.1. The second-order valence-electron chi connectivity index (χ2n) is 4.01. The standard InChI is InChI=1S/C14H12N2OS/c1-2-5-10-13(16-18-14(10)15)11-8-17-12-7-4-3-6-9(11)12/h2-4,6-8H,1,5,15H2. The van der Waals surface area contributed by atoms with Crippen molar-refractivity contribution >= 4 is 27.5 Å². The van der Waals surface area contributed by atoms with Gasteiger partial charge in [0, 0.05) is 16.5 Å². The maximum atomic E-state index is 5.96. The van der Waals surface area contributed by atoms with Crippen LogP contribution in [-0.2, 0) is 6.42 Å². The molecule has 0 fully saturated rings. The van der Waals surface area contributed by atoms with E-state index in [-0.39, 0.29) is 0 Å². The van der Waals surface area contributed by atoms with Crippen molar-refractivity contribution in [3.63, 3.8) is 0 Å². The maximum Gasteiger partial charge on any atom is 0.134 e. The Kier molecular flexibility index (Phi) is 2.64. The summed E-state index contributed by atoms with van der Waals surface area (Å²) in [6.07, 6.45) is 4.30. The number of hydrogen-bond acceptors (Lipinski definition) is 4. The lowest BCUT2D eigenvalue weighted by Crippen LogP contribution is -1.89. The molecule has 0 aliphatic carbocycles. The van der Waals surface area contributed by atoms with E-state index in [2.05, 4.69) is 11.0 Å². The number of allylic oxidation sites excluding steroid dienone is 1. The molecular formula is C14H12N2OS. The zero-order valence-corrected chi connectivity index (χ0v) is 10.5. The minimum atomic E-state index is 0.719. The highest BCUT2D eigenvalue weighted by molar-refractivity contribution is 7.10. The van der Waals surface area contributed by atoms with Gasteiger partial charge in [0.15, 0.2) is 0 Å². The number of fused-ring (bicyclic) bond motifs is 1. The third-order valence-electron chi connectivity index (χ3n) is 2.90. The van der Waals surface area contributed by atoms with Crippen molar-refractivity contribution in [2.75, 3.05) is 5.73 Å². The third-order valence-corrected chi connectivity index (χ3v) is 3.62. The van der Waals surface area contributed by atoms with Gasteiger partial charge in [0.25, 0.3) is 0 Å². The molecule has 18 heavy (non-hydrogen) atoms. The van der Waals surface area contributed by atoms with Crippen LogP contribution >= 0.6 is 11.5 Å². The van der Waals surface area contributed by atoms with Crippen LogP contribution < -0.4 is 5.73 Å². The van der Waals surface area contributed by atoms with E-state index in [4.69, 9.17) is 10.2 Å². The van der Waals surface area contributed by atoms with Crippen LogP contribution in [-0.4, -0.2) is 4.37 Å². The van der Waals surface area contributed by atoms with Gasteiger partial charge in [-0.15, -0.1) is 6.58 Å². The minimum absolute atomic E-state index is 0.719. The minimum Gasteiger partial charge on any atom is -0.464 e. The fraction of sp³-hybridized carbons (Fsp3) is 0.0714. The number of nitrogens with two attached hydrogens (primary N) is 1. The molecule has 0 spiro atoms. The van der Waals surface area contributed by atoms with E-state index in [0.29, 0.717) is 0 Å². The number of nitrogens with zero attached hydrogens (tertiary/aromatic N) is 1. The van der Waals surface area contributed by atoms with Crippen molar-refractivity contribution in [3.05, 3.63) is 48.7 Å². The first-order chi connectivity index (χ1) is 8.81. The number of nitrogen functional groups attached to an aromatic ring is 1. The molecule has 0 saturated heterocycles. The zero-order valence-electron chi connectivity index (χ0n) is 9.72. The SMILES string of the molecule is C=CCc1c(-c2coc3ccccc23)nsc1N. The predicted molar refractivity (Wildman–Crippen MR) is 75.6 cm³/mol. The molecule has 1 aromatic carbocycles. The van der Waals surface area contributed by atoms with Gasteiger partial charge in [-0.05, 0) is 24.0 Å². The highest BCUT2D eigenvalue weighted by Crippen LogP contribution is 2.36. The summed E-state index contributed by atoms with van der Waals surface area (Å²) in [6.45, 7) is 3.76. The molecule has 2 heterocycles. The molecule has 0 saturated carbocycles. The predicted octanol–water partition coefficient (Wildman–Crippen LogP) is 3.87.